The molecule has 1 aliphatic rings. The maximum atomic E-state index is 8.68. The molecule has 0 bridgehead atoms. The van der Waals surface area contributed by atoms with Crippen molar-refractivity contribution >= 4 is 11.3 Å². The summed E-state index contributed by atoms with van der Waals surface area (Å²) in [4.78, 5) is 0. The molecule has 0 amide bonds. The van der Waals surface area contributed by atoms with Gasteiger partial charge in [-0.2, -0.15) is 0 Å². The fourth-order valence-corrected chi connectivity index (χ4v) is 1.45. The highest BCUT2D eigenvalue weighted by Gasteiger charge is 2.13. The van der Waals surface area contributed by atoms with Crippen LogP contribution in [0.2, 0.25) is 0 Å². The van der Waals surface area contributed by atoms with Crippen molar-refractivity contribution in [1.29, 1.82) is 0 Å². The fourth-order valence-electron chi connectivity index (χ4n) is 0.798. The van der Waals surface area contributed by atoms with Crippen molar-refractivity contribution in [3.05, 3.63) is 22.8 Å². The van der Waals surface area contributed by atoms with E-state index in [0.29, 0.717) is 17.3 Å². The minimum absolute atomic E-state index is 0.130. The Bertz CT molecular complexity index is 290. The molecular formula is C7H6O3S. The van der Waals surface area contributed by atoms with Gasteiger partial charge in [0.25, 0.3) is 0 Å². The first-order chi connectivity index (χ1) is 5.40. The van der Waals surface area contributed by atoms with Crippen molar-refractivity contribution in [2.24, 2.45) is 0 Å². The van der Waals surface area contributed by atoms with Gasteiger partial charge in [0.1, 0.15) is 12.9 Å². The number of aliphatic hydroxyl groups is 1. The van der Waals surface area contributed by atoms with Crippen LogP contribution in [0, 0.1) is 0 Å². The number of rotatable bonds is 1. The van der Waals surface area contributed by atoms with Crippen molar-refractivity contribution in [1.82, 2.24) is 0 Å². The lowest BCUT2D eigenvalue weighted by molar-refractivity contribution is 0.234. The summed E-state index contributed by atoms with van der Waals surface area (Å²) >= 11 is 1.50. The third-order valence-electron chi connectivity index (χ3n) is 1.31. The van der Waals surface area contributed by atoms with E-state index in [-0.39, 0.29) is 6.61 Å². The Morgan fingerprint density at radius 1 is 1.36 bits per heavy atom. The molecule has 0 saturated heterocycles. The Morgan fingerprint density at radius 2 is 2.18 bits per heavy atom. The van der Waals surface area contributed by atoms with Gasteiger partial charge in [0.15, 0.2) is 17.3 Å². The zero-order valence-corrected chi connectivity index (χ0v) is 6.43. The Kier molecular flexibility index (Phi) is 1.56. The van der Waals surface area contributed by atoms with Crippen LogP contribution in [-0.2, 0) is 0 Å². The van der Waals surface area contributed by atoms with Gasteiger partial charge in [-0.15, -0.1) is 11.3 Å². The normalized spacial score (nSPS) is 14.5. The van der Waals surface area contributed by atoms with E-state index in [4.69, 9.17) is 14.6 Å². The molecule has 0 fully saturated rings. The van der Waals surface area contributed by atoms with Crippen LogP contribution in [0.4, 0.5) is 0 Å². The lowest BCUT2D eigenvalue weighted by Crippen LogP contribution is -2.06. The van der Waals surface area contributed by atoms with Gasteiger partial charge in [-0.25, -0.2) is 0 Å². The quantitative estimate of drug-likeness (QED) is 0.691. The maximum absolute atomic E-state index is 8.68. The zero-order chi connectivity index (χ0) is 7.68. The van der Waals surface area contributed by atoms with E-state index in [9.17, 15) is 0 Å². The van der Waals surface area contributed by atoms with Crippen LogP contribution in [0.5, 0.6) is 11.5 Å². The SMILES string of the molecule is OCC1=COc2cscc2O1. The molecular weight excluding hydrogens is 164 g/mol. The number of hydrogen-bond donors (Lipinski definition) is 1. The highest BCUT2D eigenvalue weighted by atomic mass is 32.1. The van der Waals surface area contributed by atoms with E-state index in [2.05, 4.69) is 0 Å². The predicted molar refractivity (Wildman–Crippen MR) is 40.7 cm³/mol. The maximum Gasteiger partial charge on any atom is 0.180 e. The second-order valence-electron chi connectivity index (χ2n) is 2.06. The summed E-state index contributed by atoms with van der Waals surface area (Å²) in [5.41, 5.74) is 0. The molecule has 0 unspecified atom stereocenters. The largest absolute Gasteiger partial charge is 0.457 e. The first-order valence-electron chi connectivity index (χ1n) is 3.11. The first-order valence-corrected chi connectivity index (χ1v) is 4.05. The van der Waals surface area contributed by atoms with Crippen LogP contribution >= 0.6 is 11.3 Å². The third-order valence-corrected chi connectivity index (χ3v) is 2.01. The lowest BCUT2D eigenvalue weighted by Gasteiger charge is -2.12. The molecule has 2 rings (SSSR count). The predicted octanol–water partition coefficient (Wildman–Crippen LogP) is 1.35. The van der Waals surface area contributed by atoms with E-state index in [0.717, 1.165) is 0 Å². The van der Waals surface area contributed by atoms with Gasteiger partial charge >= 0.3 is 0 Å². The molecule has 1 aromatic rings. The van der Waals surface area contributed by atoms with E-state index < -0.39 is 0 Å². The molecule has 4 heteroatoms. The molecule has 0 saturated carbocycles. The first kappa shape index (κ1) is 6.69. The van der Waals surface area contributed by atoms with Crippen LogP contribution in [-0.4, -0.2) is 11.7 Å². The molecule has 0 aromatic carbocycles. The number of hydrogen-bond acceptors (Lipinski definition) is 4. The fraction of sp³-hybridized carbons (Fsp3) is 0.143. The van der Waals surface area contributed by atoms with Crippen LogP contribution in [0.15, 0.2) is 22.8 Å². The van der Waals surface area contributed by atoms with Gasteiger partial charge in [-0.3, -0.25) is 0 Å². The monoisotopic (exact) mass is 170 g/mol. The Hall–Kier alpha value is -1.00. The summed E-state index contributed by atoms with van der Waals surface area (Å²) in [6.45, 7) is -0.130. The minimum Gasteiger partial charge on any atom is -0.457 e. The number of thiophene rings is 1. The molecule has 2 heterocycles. The molecule has 0 atom stereocenters. The van der Waals surface area contributed by atoms with Crippen LogP contribution in [0.25, 0.3) is 0 Å². The highest BCUT2D eigenvalue weighted by molar-refractivity contribution is 7.08. The molecule has 1 aliphatic heterocycles. The highest BCUT2D eigenvalue weighted by Crippen LogP contribution is 2.35. The van der Waals surface area contributed by atoms with Crippen molar-refractivity contribution in [2.45, 2.75) is 0 Å². The Morgan fingerprint density at radius 3 is 3.00 bits per heavy atom. The molecule has 0 spiro atoms. The molecule has 58 valence electrons. The van der Waals surface area contributed by atoms with Gasteiger partial charge in [0.2, 0.25) is 0 Å². The Balaban J connectivity index is 2.27. The molecule has 3 nitrogen and oxygen atoms in total. The van der Waals surface area contributed by atoms with E-state index in [1.165, 1.54) is 17.6 Å². The average Bonchev–Trinajstić information content (AvgIpc) is 2.50. The second-order valence-corrected chi connectivity index (χ2v) is 2.81. The number of ether oxygens (including phenoxy) is 2. The van der Waals surface area contributed by atoms with Gasteiger partial charge in [-0.05, 0) is 0 Å². The van der Waals surface area contributed by atoms with E-state index in [1.54, 1.807) is 0 Å². The second kappa shape index (κ2) is 2.56. The van der Waals surface area contributed by atoms with Gasteiger partial charge in [0.05, 0.1) is 0 Å². The van der Waals surface area contributed by atoms with Crippen LogP contribution in [0.3, 0.4) is 0 Å². The van der Waals surface area contributed by atoms with Crippen molar-refractivity contribution in [3.8, 4) is 11.5 Å². The minimum atomic E-state index is -0.130. The van der Waals surface area contributed by atoms with E-state index >= 15 is 0 Å². The summed E-state index contributed by atoms with van der Waals surface area (Å²) < 4.78 is 10.3. The lowest BCUT2D eigenvalue weighted by atomic mass is 10.5. The summed E-state index contributed by atoms with van der Waals surface area (Å²) in [7, 11) is 0. The van der Waals surface area contributed by atoms with Crippen molar-refractivity contribution in [3.63, 3.8) is 0 Å². The summed E-state index contributed by atoms with van der Waals surface area (Å²) in [6.07, 6.45) is 1.41. The molecule has 1 N–H and O–H groups in total. The van der Waals surface area contributed by atoms with Crippen LogP contribution < -0.4 is 9.47 Å². The van der Waals surface area contributed by atoms with Gasteiger partial charge in [0, 0.05) is 10.8 Å². The average molecular weight is 170 g/mol. The molecule has 0 radical (unpaired) electrons. The number of aliphatic hydroxyl groups excluding tert-OH is 1. The molecule has 11 heavy (non-hydrogen) atoms. The molecule has 1 aromatic heterocycles. The van der Waals surface area contributed by atoms with E-state index in [1.807, 2.05) is 10.8 Å². The Labute approximate surface area is 67.5 Å². The molecule has 0 aliphatic carbocycles. The summed E-state index contributed by atoms with van der Waals surface area (Å²) in [5, 5.41) is 12.4. The third kappa shape index (κ3) is 1.10. The number of fused-ring (bicyclic) bond motifs is 1. The van der Waals surface area contributed by atoms with Crippen molar-refractivity contribution < 1.29 is 14.6 Å². The summed E-state index contributed by atoms with van der Waals surface area (Å²) in [6, 6.07) is 0. The zero-order valence-electron chi connectivity index (χ0n) is 5.61. The standard InChI is InChI=1S/C7H6O3S/c8-1-5-2-9-6-3-11-4-7(6)10-5/h2-4,8H,1H2. The smallest absolute Gasteiger partial charge is 0.180 e. The summed E-state index contributed by atoms with van der Waals surface area (Å²) in [5.74, 6) is 1.84. The topological polar surface area (TPSA) is 38.7 Å². The van der Waals surface area contributed by atoms with Crippen molar-refractivity contribution in [2.75, 3.05) is 6.61 Å². The van der Waals surface area contributed by atoms with Gasteiger partial charge in [-0.1, -0.05) is 0 Å². The van der Waals surface area contributed by atoms with Crippen LogP contribution in [0.1, 0.15) is 0 Å². The van der Waals surface area contributed by atoms with Gasteiger partial charge < -0.3 is 14.6 Å².